The van der Waals surface area contributed by atoms with E-state index in [4.69, 9.17) is 0 Å². The molecule has 0 bridgehead atoms. The van der Waals surface area contributed by atoms with Gasteiger partial charge >= 0.3 is 0 Å². The Morgan fingerprint density at radius 3 is 2.53 bits per heavy atom. The lowest BCUT2D eigenvalue weighted by Crippen LogP contribution is -2.38. The molecule has 0 amide bonds. The Balaban J connectivity index is 2.70. The number of nitrogens with one attached hydrogen (secondary N) is 1. The molecular formula is C14H25N3. The van der Waals surface area contributed by atoms with Gasteiger partial charge < -0.3 is 5.32 Å². The molecule has 0 saturated carbocycles. The molecule has 96 valence electrons. The lowest BCUT2D eigenvalue weighted by molar-refractivity contribution is 0.133. The minimum atomic E-state index is 0.287. The van der Waals surface area contributed by atoms with Crippen molar-refractivity contribution in [2.75, 3.05) is 19.4 Å². The summed E-state index contributed by atoms with van der Waals surface area (Å²) >= 11 is 0. The summed E-state index contributed by atoms with van der Waals surface area (Å²) in [5.41, 5.74) is 1.39. The third-order valence-corrected chi connectivity index (χ3v) is 3.39. The molecule has 1 unspecified atom stereocenters. The number of hydrogen-bond donors (Lipinski definition) is 1. The van der Waals surface area contributed by atoms with Crippen LogP contribution in [0.25, 0.3) is 0 Å². The van der Waals surface area contributed by atoms with Crippen LogP contribution in [-0.2, 0) is 6.54 Å². The second-order valence-corrected chi connectivity index (χ2v) is 5.72. The van der Waals surface area contributed by atoms with E-state index in [0.717, 1.165) is 18.1 Å². The van der Waals surface area contributed by atoms with Crippen molar-refractivity contribution in [1.29, 1.82) is 0 Å². The molecule has 3 nitrogen and oxygen atoms in total. The number of anilines is 1. The normalized spacial score (nSPS) is 13.8. The van der Waals surface area contributed by atoms with Gasteiger partial charge in [-0.3, -0.25) is 4.90 Å². The fourth-order valence-electron chi connectivity index (χ4n) is 1.76. The first-order valence-electron chi connectivity index (χ1n) is 6.18. The van der Waals surface area contributed by atoms with Crippen molar-refractivity contribution in [1.82, 2.24) is 9.88 Å². The summed E-state index contributed by atoms with van der Waals surface area (Å²) in [7, 11) is 4.05. The smallest absolute Gasteiger partial charge is 0.126 e. The summed E-state index contributed by atoms with van der Waals surface area (Å²) in [6.45, 7) is 9.96. The Bertz CT molecular complexity index is 355. The van der Waals surface area contributed by atoms with Gasteiger partial charge in [-0.2, -0.15) is 0 Å². The van der Waals surface area contributed by atoms with Gasteiger partial charge in [0.05, 0.1) is 5.69 Å². The Morgan fingerprint density at radius 1 is 1.35 bits per heavy atom. The first-order valence-corrected chi connectivity index (χ1v) is 6.18. The van der Waals surface area contributed by atoms with Crippen molar-refractivity contribution in [2.45, 2.75) is 40.3 Å². The van der Waals surface area contributed by atoms with Crippen LogP contribution in [0.5, 0.6) is 0 Å². The Morgan fingerprint density at radius 2 is 2.00 bits per heavy atom. The van der Waals surface area contributed by atoms with Gasteiger partial charge in [0.15, 0.2) is 0 Å². The molecule has 1 rings (SSSR count). The number of pyridine rings is 1. The molecule has 0 aliphatic carbocycles. The van der Waals surface area contributed by atoms with Gasteiger partial charge in [-0.1, -0.05) is 26.8 Å². The second kappa shape index (κ2) is 5.50. The predicted molar refractivity (Wildman–Crippen MR) is 74.2 cm³/mol. The van der Waals surface area contributed by atoms with Crippen LogP contribution in [0.15, 0.2) is 18.2 Å². The molecule has 0 fully saturated rings. The Labute approximate surface area is 105 Å². The highest BCUT2D eigenvalue weighted by molar-refractivity contribution is 5.34. The number of hydrogen-bond acceptors (Lipinski definition) is 3. The topological polar surface area (TPSA) is 28.2 Å². The van der Waals surface area contributed by atoms with E-state index in [2.05, 4.69) is 56.0 Å². The average molecular weight is 235 g/mol. The highest BCUT2D eigenvalue weighted by Crippen LogP contribution is 2.23. The van der Waals surface area contributed by atoms with Crippen LogP contribution in [-0.4, -0.2) is 30.0 Å². The van der Waals surface area contributed by atoms with E-state index in [0.29, 0.717) is 6.04 Å². The summed E-state index contributed by atoms with van der Waals surface area (Å²) in [5.74, 6) is 0.930. The van der Waals surface area contributed by atoms with Gasteiger partial charge in [0, 0.05) is 19.6 Å². The minimum Gasteiger partial charge on any atom is -0.373 e. The summed E-state index contributed by atoms with van der Waals surface area (Å²) in [6.07, 6.45) is 0. The molecule has 0 spiro atoms. The lowest BCUT2D eigenvalue weighted by atomic mass is 9.87. The average Bonchev–Trinajstić information content (AvgIpc) is 2.27. The monoisotopic (exact) mass is 235 g/mol. The van der Waals surface area contributed by atoms with Crippen molar-refractivity contribution in [3.8, 4) is 0 Å². The van der Waals surface area contributed by atoms with Crippen molar-refractivity contribution >= 4 is 5.82 Å². The first-order chi connectivity index (χ1) is 7.84. The molecule has 0 aromatic carbocycles. The fourth-order valence-corrected chi connectivity index (χ4v) is 1.76. The SMILES string of the molecule is CNc1cccc(CN(C)C(C)C(C)(C)C)n1. The van der Waals surface area contributed by atoms with Crippen LogP contribution in [0.3, 0.4) is 0 Å². The van der Waals surface area contributed by atoms with E-state index in [1.54, 1.807) is 0 Å². The molecule has 0 aliphatic heterocycles. The molecule has 17 heavy (non-hydrogen) atoms. The maximum atomic E-state index is 4.54. The summed E-state index contributed by atoms with van der Waals surface area (Å²) in [5, 5.41) is 3.07. The van der Waals surface area contributed by atoms with E-state index in [9.17, 15) is 0 Å². The van der Waals surface area contributed by atoms with Crippen molar-refractivity contribution in [2.24, 2.45) is 5.41 Å². The van der Waals surface area contributed by atoms with Crippen LogP contribution < -0.4 is 5.32 Å². The van der Waals surface area contributed by atoms with E-state index >= 15 is 0 Å². The van der Waals surface area contributed by atoms with Crippen LogP contribution in [0, 0.1) is 5.41 Å². The zero-order valence-electron chi connectivity index (χ0n) is 11.9. The van der Waals surface area contributed by atoms with Crippen LogP contribution in [0.2, 0.25) is 0 Å². The van der Waals surface area contributed by atoms with E-state index in [1.165, 1.54) is 0 Å². The molecule has 0 saturated heterocycles. The highest BCUT2D eigenvalue weighted by Gasteiger charge is 2.23. The standard InChI is InChI=1S/C14H25N3/c1-11(14(2,3)4)17(6)10-12-8-7-9-13(15-5)16-12/h7-9,11H,10H2,1-6H3,(H,15,16). The molecule has 1 N–H and O–H groups in total. The molecule has 1 heterocycles. The first kappa shape index (κ1) is 14.0. The van der Waals surface area contributed by atoms with Crippen LogP contribution >= 0.6 is 0 Å². The maximum Gasteiger partial charge on any atom is 0.126 e. The van der Waals surface area contributed by atoms with Crippen molar-refractivity contribution in [3.63, 3.8) is 0 Å². The Hall–Kier alpha value is -1.09. The number of aromatic nitrogens is 1. The maximum absolute atomic E-state index is 4.54. The van der Waals surface area contributed by atoms with Crippen molar-refractivity contribution < 1.29 is 0 Å². The number of nitrogens with zero attached hydrogens (tertiary/aromatic N) is 2. The highest BCUT2D eigenvalue weighted by atomic mass is 15.1. The summed E-state index contributed by atoms with van der Waals surface area (Å²) in [4.78, 5) is 6.89. The zero-order valence-corrected chi connectivity index (χ0v) is 11.9. The molecule has 0 aliphatic rings. The molecule has 1 atom stereocenters. The second-order valence-electron chi connectivity index (χ2n) is 5.72. The van der Waals surface area contributed by atoms with Gasteiger partial charge in [-0.25, -0.2) is 4.98 Å². The predicted octanol–water partition coefficient (Wildman–Crippen LogP) is 2.99. The lowest BCUT2D eigenvalue weighted by Gasteiger charge is -2.35. The van der Waals surface area contributed by atoms with Crippen LogP contribution in [0.4, 0.5) is 5.82 Å². The third kappa shape index (κ3) is 4.00. The van der Waals surface area contributed by atoms with Gasteiger partial charge in [0.1, 0.15) is 5.82 Å². The quantitative estimate of drug-likeness (QED) is 0.869. The summed E-state index contributed by atoms with van der Waals surface area (Å²) in [6, 6.07) is 6.62. The fraction of sp³-hybridized carbons (Fsp3) is 0.643. The number of rotatable bonds is 4. The zero-order chi connectivity index (χ0) is 13.1. The van der Waals surface area contributed by atoms with Crippen LogP contribution in [0.1, 0.15) is 33.4 Å². The Kier molecular flexibility index (Phi) is 4.52. The van der Waals surface area contributed by atoms with Gasteiger partial charge in [-0.05, 0) is 31.5 Å². The van der Waals surface area contributed by atoms with Gasteiger partial charge in [0.25, 0.3) is 0 Å². The van der Waals surface area contributed by atoms with E-state index < -0.39 is 0 Å². The van der Waals surface area contributed by atoms with Gasteiger partial charge in [-0.15, -0.1) is 0 Å². The molecular weight excluding hydrogens is 210 g/mol. The van der Waals surface area contributed by atoms with Gasteiger partial charge in [0.2, 0.25) is 0 Å². The molecule has 0 radical (unpaired) electrons. The molecule has 1 aromatic heterocycles. The van der Waals surface area contributed by atoms with E-state index in [1.807, 2.05) is 19.2 Å². The minimum absolute atomic E-state index is 0.287. The molecule has 3 heteroatoms. The third-order valence-electron chi connectivity index (χ3n) is 3.39. The largest absolute Gasteiger partial charge is 0.373 e. The van der Waals surface area contributed by atoms with Crippen molar-refractivity contribution in [3.05, 3.63) is 23.9 Å². The summed E-state index contributed by atoms with van der Waals surface area (Å²) < 4.78 is 0. The molecule has 1 aromatic rings. The van der Waals surface area contributed by atoms with E-state index in [-0.39, 0.29) is 5.41 Å².